The van der Waals surface area contributed by atoms with Gasteiger partial charge in [-0.25, -0.2) is 0 Å². The molecule has 0 aliphatic heterocycles. The molecule has 1 rings (SSSR count). The molecule has 0 saturated carbocycles. The van der Waals surface area contributed by atoms with E-state index in [0.717, 1.165) is 10.6 Å². The lowest BCUT2D eigenvalue weighted by atomic mass is 10.1. The standard InChI is InChI=1S/C12H18ClNOS2/c1-8(2)10(11-9(13)6-7-16-11)14-17(15)12(3,4)5/h6-8H,1-5H3. The van der Waals surface area contributed by atoms with Crippen LogP contribution in [0.5, 0.6) is 0 Å². The van der Waals surface area contributed by atoms with E-state index >= 15 is 0 Å². The molecule has 96 valence electrons. The van der Waals surface area contributed by atoms with Crippen molar-refractivity contribution in [2.45, 2.75) is 39.4 Å². The normalized spacial score (nSPS) is 15.4. The zero-order chi connectivity index (χ0) is 13.2. The average molecular weight is 292 g/mol. The molecule has 1 aromatic heterocycles. The second kappa shape index (κ2) is 5.74. The molecule has 2 nitrogen and oxygen atoms in total. The maximum absolute atomic E-state index is 12.1. The molecule has 0 saturated heterocycles. The molecule has 0 amide bonds. The van der Waals surface area contributed by atoms with Gasteiger partial charge in [0, 0.05) is 5.92 Å². The Kier molecular flexibility index (Phi) is 5.07. The summed E-state index contributed by atoms with van der Waals surface area (Å²) in [5.74, 6) is 0.206. The minimum absolute atomic E-state index is 0.206. The van der Waals surface area contributed by atoms with Gasteiger partial charge in [-0.1, -0.05) is 29.8 Å². The van der Waals surface area contributed by atoms with Crippen LogP contribution >= 0.6 is 22.9 Å². The van der Waals surface area contributed by atoms with Crippen LogP contribution < -0.4 is 0 Å². The van der Waals surface area contributed by atoms with Gasteiger partial charge in [-0.2, -0.15) is 0 Å². The Morgan fingerprint density at radius 3 is 2.41 bits per heavy atom. The topological polar surface area (TPSA) is 35.4 Å². The van der Waals surface area contributed by atoms with Gasteiger partial charge in [0.05, 0.1) is 9.90 Å². The van der Waals surface area contributed by atoms with Crippen LogP contribution in [0, 0.1) is 5.92 Å². The molecule has 17 heavy (non-hydrogen) atoms. The van der Waals surface area contributed by atoms with E-state index in [0.29, 0.717) is 5.02 Å². The Hall–Kier alpha value is -0.0300. The van der Waals surface area contributed by atoms with Crippen LogP contribution in [0.25, 0.3) is 0 Å². The Morgan fingerprint density at radius 2 is 2.06 bits per heavy atom. The number of rotatable bonds is 3. The first kappa shape index (κ1) is 15.0. The van der Waals surface area contributed by atoms with Crippen molar-refractivity contribution < 1.29 is 4.55 Å². The van der Waals surface area contributed by atoms with E-state index in [1.807, 2.05) is 46.1 Å². The van der Waals surface area contributed by atoms with Gasteiger partial charge in [0.2, 0.25) is 0 Å². The molecule has 1 unspecified atom stereocenters. The number of thiophene rings is 1. The minimum atomic E-state index is -1.24. The predicted molar refractivity (Wildman–Crippen MR) is 78.6 cm³/mol. The van der Waals surface area contributed by atoms with Crippen molar-refractivity contribution in [3.8, 4) is 0 Å². The summed E-state index contributed by atoms with van der Waals surface area (Å²) in [4.78, 5) is 0.930. The van der Waals surface area contributed by atoms with Gasteiger partial charge in [0.15, 0.2) is 0 Å². The van der Waals surface area contributed by atoms with Crippen molar-refractivity contribution in [1.29, 1.82) is 0 Å². The van der Waals surface area contributed by atoms with Gasteiger partial charge in [0.25, 0.3) is 0 Å². The zero-order valence-electron chi connectivity index (χ0n) is 10.8. The first-order chi connectivity index (χ1) is 7.73. The molecule has 0 aliphatic rings. The molecule has 0 aromatic carbocycles. The van der Waals surface area contributed by atoms with Crippen molar-refractivity contribution in [2.24, 2.45) is 10.3 Å². The van der Waals surface area contributed by atoms with Crippen molar-refractivity contribution in [3.63, 3.8) is 0 Å². The van der Waals surface area contributed by atoms with Crippen molar-refractivity contribution in [3.05, 3.63) is 21.3 Å². The molecule has 0 aliphatic carbocycles. The Morgan fingerprint density at radius 1 is 1.47 bits per heavy atom. The summed E-state index contributed by atoms with van der Waals surface area (Å²) in [7, 11) is 0. The zero-order valence-corrected chi connectivity index (χ0v) is 13.2. The highest BCUT2D eigenvalue weighted by Gasteiger charge is 2.28. The summed E-state index contributed by atoms with van der Waals surface area (Å²) < 4.78 is 16.1. The lowest BCUT2D eigenvalue weighted by molar-refractivity contribution is 0.561. The third-order valence-corrected chi connectivity index (χ3v) is 4.88. The van der Waals surface area contributed by atoms with E-state index in [1.165, 1.54) is 0 Å². The summed E-state index contributed by atoms with van der Waals surface area (Å²) in [6, 6.07) is 1.85. The van der Waals surface area contributed by atoms with Crippen LogP contribution in [0.2, 0.25) is 5.02 Å². The minimum Gasteiger partial charge on any atom is -0.591 e. The maximum atomic E-state index is 12.1. The largest absolute Gasteiger partial charge is 0.591 e. The SMILES string of the molecule is CC(C)C(=N[S+]([O-])C(C)(C)C)c1sccc1Cl. The van der Waals surface area contributed by atoms with Gasteiger partial charge in [-0.3, -0.25) is 0 Å². The predicted octanol–water partition coefficient (Wildman–Crippen LogP) is 4.31. The number of hydrogen-bond acceptors (Lipinski definition) is 3. The monoisotopic (exact) mass is 291 g/mol. The fraction of sp³-hybridized carbons (Fsp3) is 0.583. The summed E-state index contributed by atoms with van der Waals surface area (Å²) in [5, 5.41) is 2.61. The third-order valence-electron chi connectivity index (χ3n) is 2.10. The summed E-state index contributed by atoms with van der Waals surface area (Å²) in [6.45, 7) is 9.82. The van der Waals surface area contributed by atoms with Gasteiger partial charge in [-0.05, 0) is 32.2 Å². The van der Waals surface area contributed by atoms with E-state index < -0.39 is 11.4 Å². The Balaban J connectivity index is 3.11. The van der Waals surface area contributed by atoms with Gasteiger partial charge >= 0.3 is 0 Å². The van der Waals surface area contributed by atoms with E-state index in [2.05, 4.69) is 4.40 Å². The highest BCUT2D eigenvalue weighted by molar-refractivity contribution is 7.91. The van der Waals surface area contributed by atoms with Gasteiger partial charge < -0.3 is 4.55 Å². The first-order valence-electron chi connectivity index (χ1n) is 5.47. The lowest BCUT2D eigenvalue weighted by Crippen LogP contribution is -2.27. The number of nitrogens with zero attached hydrogens (tertiary/aromatic N) is 1. The summed E-state index contributed by atoms with van der Waals surface area (Å²) >= 11 is 6.40. The van der Waals surface area contributed by atoms with Crippen LogP contribution in [0.3, 0.4) is 0 Å². The number of hydrogen-bond donors (Lipinski definition) is 0. The van der Waals surface area contributed by atoms with E-state index in [1.54, 1.807) is 11.3 Å². The van der Waals surface area contributed by atoms with Gasteiger partial charge in [0.1, 0.15) is 21.8 Å². The quantitative estimate of drug-likeness (QED) is 0.604. The van der Waals surface area contributed by atoms with Crippen LogP contribution in [0.15, 0.2) is 15.8 Å². The van der Waals surface area contributed by atoms with Crippen LogP contribution in [-0.4, -0.2) is 15.0 Å². The molecule has 5 heteroatoms. The third kappa shape index (κ3) is 3.98. The smallest absolute Gasteiger partial charge is 0.144 e. The highest BCUT2D eigenvalue weighted by atomic mass is 35.5. The van der Waals surface area contributed by atoms with Crippen LogP contribution in [0.4, 0.5) is 0 Å². The first-order valence-corrected chi connectivity index (χ1v) is 7.84. The van der Waals surface area contributed by atoms with Crippen molar-refractivity contribution in [2.75, 3.05) is 0 Å². The molecule has 0 radical (unpaired) electrons. The Bertz CT molecular complexity index is 407. The fourth-order valence-corrected chi connectivity index (χ4v) is 3.22. The molecule has 0 fully saturated rings. The Labute approximate surface area is 115 Å². The molecule has 0 bridgehead atoms. The van der Waals surface area contributed by atoms with Crippen LogP contribution in [-0.2, 0) is 11.4 Å². The lowest BCUT2D eigenvalue weighted by Gasteiger charge is -2.20. The van der Waals surface area contributed by atoms with Gasteiger partial charge in [-0.15, -0.1) is 11.3 Å². The molecular weight excluding hydrogens is 274 g/mol. The molecule has 0 spiro atoms. The van der Waals surface area contributed by atoms with E-state index in [9.17, 15) is 4.55 Å². The molecular formula is C12H18ClNOS2. The van der Waals surface area contributed by atoms with Crippen LogP contribution in [0.1, 0.15) is 39.5 Å². The summed E-state index contributed by atoms with van der Waals surface area (Å²) in [6.07, 6.45) is 0. The van der Waals surface area contributed by atoms with E-state index in [4.69, 9.17) is 11.6 Å². The summed E-state index contributed by atoms with van der Waals surface area (Å²) in [5.41, 5.74) is 0.832. The molecule has 1 heterocycles. The number of halogens is 1. The maximum Gasteiger partial charge on any atom is 0.144 e. The van der Waals surface area contributed by atoms with Crippen molar-refractivity contribution in [1.82, 2.24) is 0 Å². The van der Waals surface area contributed by atoms with Crippen molar-refractivity contribution >= 4 is 40.0 Å². The average Bonchev–Trinajstić information content (AvgIpc) is 2.58. The highest BCUT2D eigenvalue weighted by Crippen LogP contribution is 2.28. The fourth-order valence-electron chi connectivity index (χ4n) is 1.11. The second-order valence-electron chi connectivity index (χ2n) is 5.09. The second-order valence-corrected chi connectivity index (χ2v) is 8.32. The molecule has 0 N–H and O–H groups in total. The molecule has 1 aromatic rings. The molecule has 1 atom stereocenters. The van der Waals surface area contributed by atoms with E-state index in [-0.39, 0.29) is 10.7 Å².